The van der Waals surface area contributed by atoms with Crippen LogP contribution in [0.1, 0.15) is 5.56 Å². The number of hydrogen-bond acceptors (Lipinski definition) is 3. The summed E-state index contributed by atoms with van der Waals surface area (Å²) < 4.78 is 27.0. The first kappa shape index (κ1) is 13.3. The van der Waals surface area contributed by atoms with Crippen molar-refractivity contribution < 1.29 is 8.78 Å². The molecule has 0 saturated carbocycles. The summed E-state index contributed by atoms with van der Waals surface area (Å²) in [6, 6.07) is 3.44. The Morgan fingerprint density at radius 3 is 2.72 bits per heavy atom. The van der Waals surface area contributed by atoms with Gasteiger partial charge in [0.1, 0.15) is 16.7 Å². The molecule has 2 rings (SSSR count). The quantitative estimate of drug-likeness (QED) is 0.898. The van der Waals surface area contributed by atoms with E-state index >= 15 is 0 Å². The standard InChI is InChI=1S/C12H9BrF2N2S/c1-6-9(16)5-17-12(11(6)13)18-10-3-2-7(14)4-8(10)15/h2-5H,16H2,1H3. The molecule has 1 aromatic heterocycles. The number of nitrogens with zero attached hydrogens (tertiary/aromatic N) is 1. The van der Waals surface area contributed by atoms with E-state index in [0.29, 0.717) is 15.6 Å². The zero-order chi connectivity index (χ0) is 13.3. The Hall–Kier alpha value is -1.14. The summed E-state index contributed by atoms with van der Waals surface area (Å²) in [5.74, 6) is -1.21. The molecule has 0 atom stereocenters. The van der Waals surface area contributed by atoms with E-state index in [-0.39, 0.29) is 0 Å². The predicted molar refractivity (Wildman–Crippen MR) is 71.6 cm³/mol. The SMILES string of the molecule is Cc1c(N)cnc(Sc2ccc(F)cc2F)c1Br. The maximum Gasteiger partial charge on any atom is 0.140 e. The molecule has 0 aliphatic rings. The lowest BCUT2D eigenvalue weighted by Crippen LogP contribution is -1.95. The molecule has 0 aliphatic heterocycles. The third-order valence-corrected chi connectivity index (χ3v) is 4.66. The summed E-state index contributed by atoms with van der Waals surface area (Å²) in [5.41, 5.74) is 7.11. The molecule has 1 aromatic carbocycles. The number of halogens is 3. The van der Waals surface area contributed by atoms with E-state index in [4.69, 9.17) is 5.73 Å². The van der Waals surface area contributed by atoms with Gasteiger partial charge in [-0.15, -0.1) is 0 Å². The molecule has 0 bridgehead atoms. The fourth-order valence-electron chi connectivity index (χ4n) is 1.30. The fraction of sp³-hybridized carbons (Fsp3) is 0.0833. The summed E-state index contributed by atoms with van der Waals surface area (Å²) >= 11 is 4.48. The van der Waals surface area contributed by atoms with Crippen molar-refractivity contribution in [2.45, 2.75) is 16.8 Å². The molecule has 18 heavy (non-hydrogen) atoms. The Bertz CT molecular complexity index is 605. The maximum atomic E-state index is 13.5. The molecule has 1 heterocycles. The van der Waals surface area contributed by atoms with Gasteiger partial charge in [0.05, 0.1) is 16.4 Å². The van der Waals surface area contributed by atoms with Crippen LogP contribution in [0.3, 0.4) is 0 Å². The van der Waals surface area contributed by atoms with Crippen LogP contribution in [0, 0.1) is 18.6 Å². The number of aromatic nitrogens is 1. The van der Waals surface area contributed by atoms with E-state index in [1.54, 1.807) is 0 Å². The van der Waals surface area contributed by atoms with Crippen LogP contribution in [0.15, 0.2) is 38.8 Å². The molecule has 94 valence electrons. The maximum absolute atomic E-state index is 13.5. The van der Waals surface area contributed by atoms with Crippen LogP contribution >= 0.6 is 27.7 Å². The molecular weight excluding hydrogens is 322 g/mol. The van der Waals surface area contributed by atoms with Crippen molar-refractivity contribution >= 4 is 33.4 Å². The summed E-state index contributed by atoms with van der Waals surface area (Å²) in [4.78, 5) is 4.44. The second-order valence-corrected chi connectivity index (χ2v) is 5.46. The van der Waals surface area contributed by atoms with Crippen molar-refractivity contribution in [2.75, 3.05) is 5.73 Å². The monoisotopic (exact) mass is 330 g/mol. The van der Waals surface area contributed by atoms with Gasteiger partial charge in [-0.25, -0.2) is 13.8 Å². The zero-order valence-electron chi connectivity index (χ0n) is 9.38. The molecule has 2 nitrogen and oxygen atoms in total. The Morgan fingerprint density at radius 1 is 1.33 bits per heavy atom. The van der Waals surface area contributed by atoms with Crippen molar-refractivity contribution in [3.8, 4) is 0 Å². The van der Waals surface area contributed by atoms with Gasteiger partial charge in [0, 0.05) is 11.0 Å². The zero-order valence-corrected chi connectivity index (χ0v) is 11.8. The highest BCUT2D eigenvalue weighted by Gasteiger charge is 2.12. The van der Waals surface area contributed by atoms with Crippen LogP contribution in [0.25, 0.3) is 0 Å². The highest BCUT2D eigenvalue weighted by Crippen LogP contribution is 2.36. The lowest BCUT2D eigenvalue weighted by molar-refractivity contribution is 0.565. The molecular formula is C12H9BrF2N2S. The molecule has 6 heteroatoms. The molecule has 2 aromatic rings. The highest BCUT2D eigenvalue weighted by atomic mass is 79.9. The van der Waals surface area contributed by atoms with Crippen LogP contribution in [-0.2, 0) is 0 Å². The molecule has 0 amide bonds. The van der Waals surface area contributed by atoms with Gasteiger partial charge in [-0.05, 0) is 40.5 Å². The molecule has 0 radical (unpaired) electrons. The van der Waals surface area contributed by atoms with Gasteiger partial charge >= 0.3 is 0 Å². The fourth-order valence-corrected chi connectivity index (χ4v) is 2.73. The number of anilines is 1. The van der Waals surface area contributed by atoms with Crippen LogP contribution in [0.5, 0.6) is 0 Å². The molecule has 0 unspecified atom stereocenters. The lowest BCUT2D eigenvalue weighted by atomic mass is 10.3. The van der Waals surface area contributed by atoms with Crippen LogP contribution in [0.4, 0.5) is 14.5 Å². The number of nitrogen functional groups attached to an aromatic ring is 1. The van der Waals surface area contributed by atoms with E-state index in [0.717, 1.165) is 27.9 Å². The van der Waals surface area contributed by atoms with Gasteiger partial charge in [-0.2, -0.15) is 0 Å². The number of benzene rings is 1. The minimum absolute atomic E-state index is 0.314. The lowest BCUT2D eigenvalue weighted by Gasteiger charge is -2.08. The predicted octanol–water partition coefficient (Wildman–Crippen LogP) is 4.16. The molecule has 0 saturated heterocycles. The van der Waals surface area contributed by atoms with Crippen LogP contribution < -0.4 is 5.73 Å². The normalized spacial score (nSPS) is 10.7. The smallest absolute Gasteiger partial charge is 0.140 e. The second-order valence-electron chi connectivity index (χ2n) is 3.63. The van der Waals surface area contributed by atoms with Gasteiger partial charge in [-0.3, -0.25) is 0 Å². The molecule has 0 spiro atoms. The van der Waals surface area contributed by atoms with Gasteiger partial charge in [-0.1, -0.05) is 11.8 Å². The van der Waals surface area contributed by atoms with Crippen molar-refractivity contribution in [1.29, 1.82) is 0 Å². The third kappa shape index (κ3) is 2.64. The Balaban J connectivity index is 2.37. The van der Waals surface area contributed by atoms with Gasteiger partial charge < -0.3 is 5.73 Å². The Morgan fingerprint density at radius 2 is 2.06 bits per heavy atom. The number of nitrogens with two attached hydrogens (primary N) is 1. The minimum Gasteiger partial charge on any atom is -0.397 e. The summed E-state index contributed by atoms with van der Waals surface area (Å²) in [7, 11) is 0. The van der Waals surface area contributed by atoms with Gasteiger partial charge in [0.15, 0.2) is 0 Å². The van der Waals surface area contributed by atoms with Crippen molar-refractivity contribution in [3.63, 3.8) is 0 Å². The first-order valence-corrected chi connectivity index (χ1v) is 6.63. The van der Waals surface area contributed by atoms with Gasteiger partial charge in [0.2, 0.25) is 0 Å². The highest BCUT2D eigenvalue weighted by molar-refractivity contribution is 9.10. The first-order chi connectivity index (χ1) is 8.49. The topological polar surface area (TPSA) is 38.9 Å². The Labute approximate surface area is 116 Å². The van der Waals surface area contributed by atoms with E-state index in [9.17, 15) is 8.78 Å². The number of hydrogen-bond donors (Lipinski definition) is 1. The van der Waals surface area contributed by atoms with E-state index in [2.05, 4.69) is 20.9 Å². The van der Waals surface area contributed by atoms with Crippen LogP contribution in [-0.4, -0.2) is 4.98 Å². The molecule has 2 N–H and O–H groups in total. The minimum atomic E-state index is -0.608. The van der Waals surface area contributed by atoms with Crippen molar-refractivity contribution in [1.82, 2.24) is 4.98 Å². The summed E-state index contributed by atoms with van der Waals surface area (Å²) in [5, 5.41) is 0.590. The third-order valence-electron chi connectivity index (χ3n) is 2.37. The summed E-state index contributed by atoms with van der Waals surface area (Å²) in [6.45, 7) is 1.84. The number of pyridine rings is 1. The van der Waals surface area contributed by atoms with E-state index in [1.165, 1.54) is 18.3 Å². The first-order valence-electron chi connectivity index (χ1n) is 5.02. The van der Waals surface area contributed by atoms with Gasteiger partial charge in [0.25, 0.3) is 0 Å². The second kappa shape index (κ2) is 5.24. The average molecular weight is 331 g/mol. The largest absolute Gasteiger partial charge is 0.397 e. The van der Waals surface area contributed by atoms with Crippen molar-refractivity contribution in [2.24, 2.45) is 0 Å². The van der Waals surface area contributed by atoms with Crippen LogP contribution in [0.2, 0.25) is 0 Å². The van der Waals surface area contributed by atoms with E-state index in [1.807, 2.05) is 6.92 Å². The Kier molecular flexibility index (Phi) is 3.87. The average Bonchev–Trinajstić information content (AvgIpc) is 2.33. The number of rotatable bonds is 2. The summed E-state index contributed by atoms with van der Waals surface area (Å²) in [6.07, 6.45) is 1.52. The van der Waals surface area contributed by atoms with Crippen molar-refractivity contribution in [3.05, 3.63) is 46.1 Å². The molecule has 0 aliphatic carbocycles. The molecule has 0 fully saturated rings. The van der Waals surface area contributed by atoms with E-state index < -0.39 is 11.6 Å².